The van der Waals surface area contributed by atoms with Crippen LogP contribution in [0.5, 0.6) is 0 Å². The second-order valence-electron chi connectivity index (χ2n) is 12.9. The zero-order valence-electron chi connectivity index (χ0n) is 27.3. The van der Waals surface area contributed by atoms with Crippen LogP contribution in [-0.2, 0) is 0 Å². The summed E-state index contributed by atoms with van der Waals surface area (Å²) in [5.41, 5.74) is 9.76. The maximum atomic E-state index is 6.82. The van der Waals surface area contributed by atoms with Crippen LogP contribution in [0.25, 0.3) is 76.5 Å². The molecule has 9 aromatic carbocycles. The fraction of sp³-hybridized carbons (Fsp3) is 0. The van der Waals surface area contributed by atoms with Crippen LogP contribution < -0.4 is 4.90 Å². The van der Waals surface area contributed by atoms with Crippen LogP contribution in [0.4, 0.5) is 17.1 Å². The van der Waals surface area contributed by atoms with Crippen LogP contribution >= 0.6 is 0 Å². The fourth-order valence-corrected chi connectivity index (χ4v) is 7.60. The van der Waals surface area contributed by atoms with E-state index in [4.69, 9.17) is 4.42 Å². The van der Waals surface area contributed by atoms with E-state index in [2.05, 4.69) is 193 Å². The maximum absolute atomic E-state index is 6.82. The van der Waals surface area contributed by atoms with Gasteiger partial charge in [-0.25, -0.2) is 0 Å². The minimum absolute atomic E-state index is 0.874. The van der Waals surface area contributed by atoms with Crippen molar-refractivity contribution in [3.63, 3.8) is 0 Å². The molecule has 50 heavy (non-hydrogen) atoms. The van der Waals surface area contributed by atoms with Crippen LogP contribution in [0.3, 0.4) is 0 Å². The number of rotatable bonds is 5. The second-order valence-corrected chi connectivity index (χ2v) is 12.9. The summed E-state index contributed by atoms with van der Waals surface area (Å²) in [5.74, 6) is 0. The van der Waals surface area contributed by atoms with E-state index in [1.165, 1.54) is 43.4 Å². The Kier molecular flexibility index (Phi) is 6.53. The minimum atomic E-state index is 0.874. The van der Waals surface area contributed by atoms with Gasteiger partial charge in [0, 0.05) is 33.1 Å². The second kappa shape index (κ2) is 11.5. The molecule has 0 aliphatic heterocycles. The molecule has 0 unspecified atom stereocenters. The predicted molar refractivity (Wildman–Crippen MR) is 212 cm³/mol. The van der Waals surface area contributed by atoms with Gasteiger partial charge in [0.25, 0.3) is 0 Å². The number of fused-ring (bicyclic) bond motifs is 6. The van der Waals surface area contributed by atoms with Crippen molar-refractivity contribution in [3.8, 4) is 22.3 Å². The van der Waals surface area contributed by atoms with Crippen molar-refractivity contribution in [2.75, 3.05) is 4.90 Å². The first-order chi connectivity index (χ1) is 24.8. The lowest BCUT2D eigenvalue weighted by Gasteiger charge is -2.27. The van der Waals surface area contributed by atoms with Crippen molar-refractivity contribution in [2.45, 2.75) is 0 Å². The molecule has 0 aliphatic carbocycles. The Bertz CT molecular complexity index is 2860. The Labute approximate surface area is 290 Å². The molecule has 0 amide bonds. The van der Waals surface area contributed by atoms with Gasteiger partial charge in [0.15, 0.2) is 0 Å². The molecule has 2 nitrogen and oxygen atoms in total. The highest BCUT2D eigenvalue weighted by Gasteiger charge is 2.20. The topological polar surface area (TPSA) is 16.4 Å². The van der Waals surface area contributed by atoms with E-state index in [0.29, 0.717) is 0 Å². The zero-order chi connectivity index (χ0) is 33.0. The molecule has 0 aliphatic rings. The lowest BCUT2D eigenvalue weighted by molar-refractivity contribution is 0.670. The Hall–Kier alpha value is -6.64. The van der Waals surface area contributed by atoms with Crippen LogP contribution in [0.15, 0.2) is 192 Å². The molecule has 0 saturated heterocycles. The van der Waals surface area contributed by atoms with Gasteiger partial charge in [0.05, 0.1) is 5.69 Å². The number of anilines is 3. The van der Waals surface area contributed by atoms with Gasteiger partial charge in [-0.1, -0.05) is 140 Å². The van der Waals surface area contributed by atoms with E-state index in [-0.39, 0.29) is 0 Å². The van der Waals surface area contributed by atoms with Gasteiger partial charge in [-0.05, 0) is 92.2 Å². The molecule has 0 spiro atoms. The molecule has 10 aromatic rings. The number of furan rings is 1. The number of hydrogen-bond donors (Lipinski definition) is 0. The van der Waals surface area contributed by atoms with Gasteiger partial charge >= 0.3 is 0 Å². The van der Waals surface area contributed by atoms with E-state index < -0.39 is 0 Å². The Morgan fingerprint density at radius 1 is 0.340 bits per heavy atom. The molecular formula is C48H31NO. The first-order valence-corrected chi connectivity index (χ1v) is 17.1. The van der Waals surface area contributed by atoms with Crippen molar-refractivity contribution in [3.05, 3.63) is 188 Å². The summed E-state index contributed by atoms with van der Waals surface area (Å²) in [6, 6.07) is 67.4. The molecule has 0 fully saturated rings. The summed E-state index contributed by atoms with van der Waals surface area (Å²) in [6.07, 6.45) is 0. The highest BCUT2D eigenvalue weighted by Crippen LogP contribution is 2.45. The van der Waals surface area contributed by atoms with Crippen LogP contribution in [0.2, 0.25) is 0 Å². The summed E-state index contributed by atoms with van der Waals surface area (Å²) >= 11 is 0. The minimum Gasteiger partial charge on any atom is -0.455 e. The van der Waals surface area contributed by atoms with E-state index in [1.807, 2.05) is 0 Å². The average Bonchev–Trinajstić information content (AvgIpc) is 3.55. The van der Waals surface area contributed by atoms with Crippen LogP contribution in [0.1, 0.15) is 0 Å². The molecule has 0 atom stereocenters. The Morgan fingerprint density at radius 3 is 1.82 bits per heavy atom. The van der Waals surface area contributed by atoms with Crippen LogP contribution in [-0.4, -0.2) is 0 Å². The molecule has 10 rings (SSSR count). The van der Waals surface area contributed by atoms with Crippen molar-refractivity contribution in [1.29, 1.82) is 0 Å². The molecule has 0 bridgehead atoms. The van der Waals surface area contributed by atoms with Crippen molar-refractivity contribution < 1.29 is 4.42 Å². The van der Waals surface area contributed by atoms with Gasteiger partial charge < -0.3 is 9.32 Å². The first-order valence-electron chi connectivity index (χ1n) is 17.1. The van der Waals surface area contributed by atoms with E-state index in [1.54, 1.807) is 0 Å². The number of nitrogens with zero attached hydrogens (tertiary/aromatic N) is 1. The quantitative estimate of drug-likeness (QED) is 0.187. The highest BCUT2D eigenvalue weighted by molar-refractivity contribution is 6.19. The summed E-state index contributed by atoms with van der Waals surface area (Å²) in [6.45, 7) is 0. The standard InChI is InChI=1S/C48H31NO/c1-2-11-32(12-3-1)34-23-25-39(26-24-34)49(45-20-10-17-35-14-6-8-18-41(35)45)40-27-28-46-43(31-40)44-30-37-16-7-9-19-42(37)47(48(44)50-46)38-22-21-33-13-4-5-15-36(33)29-38/h1-31H. The van der Waals surface area contributed by atoms with Crippen molar-refractivity contribution in [2.24, 2.45) is 0 Å². The Morgan fingerprint density at radius 2 is 0.980 bits per heavy atom. The maximum Gasteiger partial charge on any atom is 0.143 e. The smallest absolute Gasteiger partial charge is 0.143 e. The third-order valence-corrected chi connectivity index (χ3v) is 10.0. The third kappa shape index (κ3) is 4.65. The Balaban J connectivity index is 1.20. The lowest BCUT2D eigenvalue weighted by atomic mass is 9.93. The molecule has 2 heteroatoms. The van der Waals surface area contributed by atoms with Gasteiger partial charge in [-0.15, -0.1) is 0 Å². The summed E-state index contributed by atoms with van der Waals surface area (Å²) in [4.78, 5) is 2.38. The lowest BCUT2D eigenvalue weighted by Crippen LogP contribution is -2.10. The molecule has 0 radical (unpaired) electrons. The third-order valence-electron chi connectivity index (χ3n) is 10.0. The molecule has 0 saturated carbocycles. The van der Waals surface area contributed by atoms with E-state index in [0.717, 1.165) is 50.1 Å². The van der Waals surface area contributed by atoms with Gasteiger partial charge in [-0.2, -0.15) is 0 Å². The van der Waals surface area contributed by atoms with Crippen molar-refractivity contribution >= 4 is 71.3 Å². The van der Waals surface area contributed by atoms with Gasteiger partial charge in [0.2, 0.25) is 0 Å². The van der Waals surface area contributed by atoms with Crippen molar-refractivity contribution in [1.82, 2.24) is 0 Å². The molecule has 1 heterocycles. The number of hydrogen-bond acceptors (Lipinski definition) is 2. The monoisotopic (exact) mass is 637 g/mol. The van der Waals surface area contributed by atoms with Gasteiger partial charge in [-0.3, -0.25) is 0 Å². The van der Waals surface area contributed by atoms with Crippen LogP contribution in [0, 0.1) is 0 Å². The molecule has 234 valence electrons. The molecule has 1 aromatic heterocycles. The zero-order valence-corrected chi connectivity index (χ0v) is 27.3. The fourth-order valence-electron chi connectivity index (χ4n) is 7.60. The van der Waals surface area contributed by atoms with E-state index in [9.17, 15) is 0 Å². The SMILES string of the molecule is c1ccc(-c2ccc(N(c3ccc4oc5c(-c6ccc7ccccc7c6)c6ccccc6cc5c4c3)c3cccc4ccccc34)cc2)cc1. The largest absolute Gasteiger partial charge is 0.455 e. The normalized spacial score (nSPS) is 11.6. The highest BCUT2D eigenvalue weighted by atomic mass is 16.3. The summed E-state index contributed by atoms with van der Waals surface area (Å²) in [5, 5.41) is 9.43. The average molecular weight is 638 g/mol. The van der Waals surface area contributed by atoms with Gasteiger partial charge in [0.1, 0.15) is 11.2 Å². The predicted octanol–water partition coefficient (Wildman–Crippen LogP) is 13.8. The number of benzene rings is 9. The molecular weight excluding hydrogens is 607 g/mol. The first kappa shape index (κ1) is 28.4. The summed E-state index contributed by atoms with van der Waals surface area (Å²) in [7, 11) is 0. The molecule has 0 N–H and O–H groups in total. The summed E-state index contributed by atoms with van der Waals surface area (Å²) < 4.78 is 6.82. The van der Waals surface area contributed by atoms with E-state index >= 15 is 0 Å².